The summed E-state index contributed by atoms with van der Waals surface area (Å²) in [6.07, 6.45) is -7.19. The Labute approximate surface area is 221 Å². The maximum absolute atomic E-state index is 14.1. The van der Waals surface area contributed by atoms with E-state index in [0.717, 1.165) is 18.2 Å². The number of nitro benzene ring substituents is 1. The summed E-state index contributed by atoms with van der Waals surface area (Å²) in [5.74, 6) is -0.821. The molecule has 1 amide bonds. The number of aliphatic hydroxyl groups excluding tert-OH is 1. The molecule has 2 aromatic rings. The summed E-state index contributed by atoms with van der Waals surface area (Å²) in [7, 11) is -3.89. The topological polar surface area (TPSA) is 125 Å². The number of aliphatic hydroxyl groups is 1. The molecule has 0 saturated carbocycles. The normalized spacial score (nSPS) is 19.5. The third-order valence-corrected chi connectivity index (χ3v) is 9.36. The minimum Gasteiger partial charge on any atom is -0.450 e. The van der Waals surface area contributed by atoms with Crippen molar-refractivity contribution < 1.29 is 41.8 Å². The van der Waals surface area contributed by atoms with Gasteiger partial charge in [-0.2, -0.15) is 13.2 Å². The molecule has 11 nitrogen and oxygen atoms in total. The number of hydrogen-bond acceptors (Lipinski definition) is 7. The lowest BCUT2D eigenvalue weighted by Gasteiger charge is -2.29. The molecule has 3 aliphatic heterocycles. The van der Waals surface area contributed by atoms with Gasteiger partial charge in [0.2, 0.25) is 5.75 Å². The number of carbonyl (C=O) groups excluding carboxylic acids is 1. The number of nitrogens with zero attached hydrogens (tertiary/aromatic N) is 4. The molecule has 0 spiro atoms. The lowest BCUT2D eigenvalue weighted by atomic mass is 10.1. The van der Waals surface area contributed by atoms with E-state index in [2.05, 4.69) is 0 Å². The maximum atomic E-state index is 14.1. The van der Waals surface area contributed by atoms with E-state index in [0.29, 0.717) is 52.1 Å². The second-order valence-corrected chi connectivity index (χ2v) is 11.9. The standard InChI is InChI=1S/C24H26F3N4O7P/c25-24(26,27)22(38-39(36,29-10-11-29)30-12-13-30)16-4-5-20(31(34)35)21(15-16)37-19-3-1-2-17(14-19)23(33)28-8-6-18(32)7-9-28/h1-5,14-15,18,22,32H,6-13H2. The van der Waals surface area contributed by atoms with E-state index in [4.69, 9.17) is 9.26 Å². The Hall–Kier alpha value is -3.03. The highest BCUT2D eigenvalue weighted by Crippen LogP contribution is 2.64. The van der Waals surface area contributed by atoms with Gasteiger partial charge in [-0.3, -0.25) is 24.0 Å². The zero-order chi connectivity index (χ0) is 27.9. The van der Waals surface area contributed by atoms with Crippen LogP contribution in [0.4, 0.5) is 18.9 Å². The lowest BCUT2D eigenvalue weighted by molar-refractivity contribution is -0.385. The van der Waals surface area contributed by atoms with Gasteiger partial charge in [0.1, 0.15) is 5.75 Å². The van der Waals surface area contributed by atoms with Gasteiger partial charge in [0.15, 0.2) is 6.10 Å². The van der Waals surface area contributed by atoms with E-state index in [1.54, 1.807) is 4.90 Å². The molecule has 3 fully saturated rings. The van der Waals surface area contributed by atoms with Crippen LogP contribution in [0.5, 0.6) is 11.5 Å². The Morgan fingerprint density at radius 1 is 1.05 bits per heavy atom. The first-order valence-corrected chi connectivity index (χ1v) is 13.9. The summed E-state index contributed by atoms with van der Waals surface area (Å²) in [6, 6.07) is 8.41. The van der Waals surface area contributed by atoms with Gasteiger partial charge in [-0.15, -0.1) is 0 Å². The molecular formula is C24H26F3N4O7P. The zero-order valence-electron chi connectivity index (χ0n) is 20.6. The van der Waals surface area contributed by atoms with E-state index in [1.807, 2.05) is 0 Å². The van der Waals surface area contributed by atoms with E-state index in [9.17, 15) is 37.8 Å². The van der Waals surface area contributed by atoms with E-state index < -0.39 is 48.0 Å². The molecule has 1 atom stereocenters. The molecule has 3 saturated heterocycles. The lowest BCUT2D eigenvalue weighted by Crippen LogP contribution is -2.40. The van der Waals surface area contributed by atoms with Crippen LogP contribution in [0.25, 0.3) is 0 Å². The Morgan fingerprint density at radius 2 is 1.69 bits per heavy atom. The molecular weight excluding hydrogens is 544 g/mol. The molecule has 0 aromatic heterocycles. The number of hydrogen-bond donors (Lipinski definition) is 1. The minimum absolute atomic E-state index is 0.00137. The molecule has 15 heteroatoms. The van der Waals surface area contributed by atoms with Gasteiger partial charge in [0.05, 0.1) is 11.0 Å². The molecule has 3 heterocycles. The van der Waals surface area contributed by atoms with Gasteiger partial charge in [-0.05, 0) is 48.7 Å². The van der Waals surface area contributed by atoms with Crippen LogP contribution in [0.3, 0.4) is 0 Å². The summed E-state index contributed by atoms with van der Waals surface area (Å²) in [5, 5.41) is 21.3. The second-order valence-electron chi connectivity index (χ2n) is 9.56. The van der Waals surface area contributed by atoms with Crippen molar-refractivity contribution in [3.63, 3.8) is 0 Å². The van der Waals surface area contributed by atoms with Crippen molar-refractivity contribution in [2.24, 2.45) is 0 Å². The summed E-state index contributed by atoms with van der Waals surface area (Å²) in [6.45, 7) is 2.10. The third-order valence-electron chi connectivity index (χ3n) is 6.65. The van der Waals surface area contributed by atoms with Gasteiger partial charge < -0.3 is 14.7 Å². The average Bonchev–Trinajstić information content (AvgIpc) is 3.79. The number of alkyl halides is 3. The molecule has 39 heavy (non-hydrogen) atoms. The Balaban J connectivity index is 1.43. The molecule has 3 aliphatic rings. The second kappa shape index (κ2) is 10.5. The molecule has 0 aliphatic carbocycles. The third kappa shape index (κ3) is 6.10. The van der Waals surface area contributed by atoms with Crippen LogP contribution in [0, 0.1) is 10.1 Å². The predicted octanol–water partition coefficient (Wildman–Crippen LogP) is 4.34. The summed E-state index contributed by atoms with van der Waals surface area (Å²) in [4.78, 5) is 25.3. The first kappa shape index (κ1) is 27.5. The molecule has 5 rings (SSSR count). The van der Waals surface area contributed by atoms with Crippen LogP contribution in [0.15, 0.2) is 42.5 Å². The first-order valence-electron chi connectivity index (χ1n) is 12.4. The molecule has 1 unspecified atom stereocenters. The van der Waals surface area contributed by atoms with Crippen LogP contribution in [-0.2, 0) is 9.09 Å². The maximum Gasteiger partial charge on any atom is 0.419 e. The predicted molar refractivity (Wildman–Crippen MR) is 131 cm³/mol. The molecule has 210 valence electrons. The summed E-state index contributed by atoms with van der Waals surface area (Å²) >= 11 is 0. The van der Waals surface area contributed by atoms with Crippen LogP contribution in [-0.4, -0.2) is 81.7 Å². The van der Waals surface area contributed by atoms with Gasteiger partial charge in [-0.1, -0.05) is 6.07 Å². The van der Waals surface area contributed by atoms with E-state index in [1.165, 1.54) is 33.6 Å². The molecule has 0 radical (unpaired) electrons. The Morgan fingerprint density at radius 3 is 2.26 bits per heavy atom. The van der Waals surface area contributed by atoms with Crippen molar-refractivity contribution in [3.05, 3.63) is 63.7 Å². The van der Waals surface area contributed by atoms with Crippen LogP contribution in [0.2, 0.25) is 0 Å². The largest absolute Gasteiger partial charge is 0.450 e. The van der Waals surface area contributed by atoms with E-state index >= 15 is 0 Å². The van der Waals surface area contributed by atoms with Gasteiger partial charge >= 0.3 is 19.5 Å². The first-order chi connectivity index (χ1) is 18.5. The smallest absolute Gasteiger partial charge is 0.419 e. The summed E-state index contributed by atoms with van der Waals surface area (Å²) < 4.78 is 69.3. The van der Waals surface area contributed by atoms with Gasteiger partial charge in [0.25, 0.3) is 5.91 Å². The number of carbonyl (C=O) groups is 1. The number of ether oxygens (including phenoxy) is 1. The highest BCUT2D eigenvalue weighted by molar-refractivity contribution is 7.54. The fraction of sp³-hybridized carbons (Fsp3) is 0.458. The van der Waals surface area contributed by atoms with Crippen molar-refractivity contribution >= 4 is 19.3 Å². The summed E-state index contributed by atoms with van der Waals surface area (Å²) in [5.41, 5.74) is -0.885. The van der Waals surface area contributed by atoms with Crippen LogP contribution < -0.4 is 4.74 Å². The molecule has 1 N–H and O–H groups in total. The number of piperidine rings is 1. The number of likely N-dealkylation sites (tertiary alicyclic amines) is 1. The minimum atomic E-state index is -4.97. The van der Waals surface area contributed by atoms with Crippen molar-refractivity contribution in [1.82, 2.24) is 14.2 Å². The van der Waals surface area contributed by atoms with Crippen molar-refractivity contribution in [3.8, 4) is 11.5 Å². The van der Waals surface area contributed by atoms with Crippen molar-refractivity contribution in [1.29, 1.82) is 0 Å². The van der Waals surface area contributed by atoms with Crippen LogP contribution in [0.1, 0.15) is 34.9 Å². The number of amides is 1. The van der Waals surface area contributed by atoms with Gasteiger partial charge in [-0.25, -0.2) is 9.34 Å². The van der Waals surface area contributed by atoms with E-state index in [-0.39, 0.29) is 17.2 Å². The molecule has 2 aromatic carbocycles. The molecule has 0 bridgehead atoms. The Kier molecular flexibility index (Phi) is 7.42. The van der Waals surface area contributed by atoms with Crippen LogP contribution >= 0.6 is 7.67 Å². The monoisotopic (exact) mass is 570 g/mol. The number of rotatable bonds is 9. The van der Waals surface area contributed by atoms with Crippen molar-refractivity contribution in [2.75, 3.05) is 39.3 Å². The Bertz CT molecular complexity index is 1290. The number of benzene rings is 2. The number of nitro groups is 1. The fourth-order valence-corrected chi connectivity index (χ4v) is 6.68. The SMILES string of the molecule is O=C(c1cccc(Oc2cc(C(OP(=O)(N3CC3)N3CC3)C(F)(F)F)ccc2[N+](=O)[O-])c1)N1CCC(O)CC1. The number of halogens is 3. The zero-order valence-corrected chi connectivity index (χ0v) is 21.5. The highest BCUT2D eigenvalue weighted by atomic mass is 31.2. The quantitative estimate of drug-likeness (QED) is 0.203. The average molecular weight is 570 g/mol. The fourth-order valence-electron chi connectivity index (χ4n) is 4.35. The van der Waals surface area contributed by atoms with Crippen molar-refractivity contribution in [2.45, 2.75) is 31.2 Å². The van der Waals surface area contributed by atoms with Gasteiger partial charge in [0, 0.05) is 50.9 Å². The highest BCUT2D eigenvalue weighted by Gasteiger charge is 2.55.